The van der Waals surface area contributed by atoms with Gasteiger partial charge in [0.1, 0.15) is 17.9 Å². The number of hydrogen-bond donors (Lipinski definition) is 1. The molecular formula is C26H21Br2N3O4. The number of nitrogens with one attached hydrogen (secondary N) is 1. The maximum atomic E-state index is 12.2. The van der Waals surface area contributed by atoms with Gasteiger partial charge in [-0.15, -0.1) is 0 Å². The second-order valence-corrected chi connectivity index (χ2v) is 9.12. The Bertz CT molecular complexity index is 1360. The van der Waals surface area contributed by atoms with Gasteiger partial charge in [-0.1, -0.05) is 46.3 Å². The number of para-hydroxylation sites is 1. The van der Waals surface area contributed by atoms with E-state index in [-0.39, 0.29) is 6.61 Å². The predicted octanol–water partition coefficient (Wildman–Crippen LogP) is 5.88. The Morgan fingerprint density at radius 1 is 1.00 bits per heavy atom. The first-order valence-electron chi connectivity index (χ1n) is 10.6. The van der Waals surface area contributed by atoms with E-state index < -0.39 is 5.91 Å². The lowest BCUT2D eigenvalue weighted by Crippen LogP contribution is -2.24. The van der Waals surface area contributed by atoms with Gasteiger partial charge in [-0.25, -0.2) is 5.43 Å². The van der Waals surface area contributed by atoms with Crippen LogP contribution >= 0.6 is 31.9 Å². The number of carbonyl (C=O) groups is 1. The highest BCUT2D eigenvalue weighted by Gasteiger charge is 2.11. The van der Waals surface area contributed by atoms with Gasteiger partial charge in [0, 0.05) is 26.1 Å². The molecule has 178 valence electrons. The van der Waals surface area contributed by atoms with Crippen LogP contribution < -0.4 is 19.6 Å². The van der Waals surface area contributed by atoms with Crippen molar-refractivity contribution in [3.8, 4) is 17.2 Å². The fraction of sp³-hybridized carbons (Fsp3) is 0.115. The van der Waals surface area contributed by atoms with Crippen LogP contribution in [0.5, 0.6) is 17.2 Å². The van der Waals surface area contributed by atoms with E-state index in [0.717, 1.165) is 19.9 Å². The molecule has 1 N–H and O–H groups in total. The van der Waals surface area contributed by atoms with Crippen LogP contribution in [0.25, 0.3) is 10.9 Å². The zero-order valence-corrected chi connectivity index (χ0v) is 21.9. The third-order valence-corrected chi connectivity index (χ3v) is 6.15. The zero-order chi connectivity index (χ0) is 24.6. The second-order valence-electron chi connectivity index (χ2n) is 7.35. The van der Waals surface area contributed by atoms with E-state index in [4.69, 9.17) is 14.2 Å². The van der Waals surface area contributed by atoms with Gasteiger partial charge in [0.2, 0.25) is 0 Å². The number of amides is 1. The summed E-state index contributed by atoms with van der Waals surface area (Å²) in [5.74, 6) is 1.27. The van der Waals surface area contributed by atoms with Crippen LogP contribution in [0.15, 0.2) is 87.0 Å². The molecule has 0 aliphatic heterocycles. The lowest BCUT2D eigenvalue weighted by Gasteiger charge is -2.13. The number of fused-ring (bicyclic) bond motifs is 1. The highest BCUT2D eigenvalue weighted by Crippen LogP contribution is 2.33. The molecule has 0 atom stereocenters. The molecule has 0 aliphatic rings. The van der Waals surface area contributed by atoms with E-state index in [2.05, 4.69) is 47.4 Å². The van der Waals surface area contributed by atoms with Crippen molar-refractivity contribution in [3.05, 3.63) is 93.0 Å². The number of ether oxygens (including phenoxy) is 3. The van der Waals surface area contributed by atoms with Crippen LogP contribution in [-0.4, -0.2) is 30.8 Å². The first-order valence-corrected chi connectivity index (χ1v) is 12.2. The van der Waals surface area contributed by atoms with Gasteiger partial charge >= 0.3 is 0 Å². The van der Waals surface area contributed by atoms with Gasteiger partial charge in [0.25, 0.3) is 5.91 Å². The summed E-state index contributed by atoms with van der Waals surface area (Å²) < 4.78 is 18.8. The molecule has 1 aromatic heterocycles. The maximum absolute atomic E-state index is 12.2. The van der Waals surface area contributed by atoms with Crippen molar-refractivity contribution in [2.24, 2.45) is 5.10 Å². The number of aromatic nitrogens is 1. The normalized spacial score (nSPS) is 10.9. The lowest BCUT2D eigenvalue weighted by atomic mass is 10.2. The van der Waals surface area contributed by atoms with E-state index in [1.165, 1.54) is 6.21 Å². The molecule has 9 heteroatoms. The quantitative estimate of drug-likeness (QED) is 0.192. The molecule has 0 unspecified atom stereocenters. The van der Waals surface area contributed by atoms with Gasteiger partial charge in [-0.05, 0) is 57.9 Å². The zero-order valence-electron chi connectivity index (χ0n) is 18.7. The Hall–Kier alpha value is -3.43. The topological polar surface area (TPSA) is 82.0 Å². The smallest absolute Gasteiger partial charge is 0.277 e. The number of nitrogens with zero attached hydrogens (tertiary/aromatic N) is 2. The molecular weight excluding hydrogens is 578 g/mol. The lowest BCUT2D eigenvalue weighted by molar-refractivity contribution is -0.123. The van der Waals surface area contributed by atoms with Crippen molar-refractivity contribution in [3.63, 3.8) is 0 Å². The molecule has 3 aromatic carbocycles. The molecule has 35 heavy (non-hydrogen) atoms. The van der Waals surface area contributed by atoms with Crippen molar-refractivity contribution in [2.75, 3.05) is 13.7 Å². The summed E-state index contributed by atoms with van der Waals surface area (Å²) in [7, 11) is 1.57. The van der Waals surface area contributed by atoms with Crippen LogP contribution in [0, 0.1) is 0 Å². The summed E-state index contributed by atoms with van der Waals surface area (Å²) in [5, 5.41) is 4.97. The molecule has 0 saturated carbocycles. The number of hydrazone groups is 1. The summed E-state index contributed by atoms with van der Waals surface area (Å²) in [4.78, 5) is 16.5. The van der Waals surface area contributed by atoms with E-state index >= 15 is 0 Å². The number of hydrogen-bond acceptors (Lipinski definition) is 6. The molecule has 0 saturated heterocycles. The maximum Gasteiger partial charge on any atom is 0.277 e. The minimum Gasteiger partial charge on any atom is -0.493 e. The average molecular weight is 599 g/mol. The van der Waals surface area contributed by atoms with E-state index in [0.29, 0.717) is 34.9 Å². The highest BCUT2D eigenvalue weighted by atomic mass is 79.9. The summed E-state index contributed by atoms with van der Waals surface area (Å²) >= 11 is 6.94. The third-order valence-electron chi connectivity index (χ3n) is 4.94. The summed E-state index contributed by atoms with van der Waals surface area (Å²) in [6.45, 7) is 0.201. The Morgan fingerprint density at radius 3 is 2.60 bits per heavy atom. The molecule has 0 aliphatic carbocycles. The van der Waals surface area contributed by atoms with Crippen LogP contribution in [0.4, 0.5) is 0 Å². The number of halogens is 2. The third kappa shape index (κ3) is 6.58. The minimum absolute atomic E-state index is 0.194. The molecule has 0 spiro atoms. The van der Waals surface area contributed by atoms with Crippen molar-refractivity contribution in [1.29, 1.82) is 0 Å². The predicted molar refractivity (Wildman–Crippen MR) is 142 cm³/mol. The standard InChI is InChI=1S/C26H21Br2N3O4/c1-33-23-12-19(21(28)13-24(23)34-15-17-7-9-20(27)10-8-17)14-30-31-25(32)16-35-22-6-2-4-18-5-3-11-29-26(18)22/h2-14H,15-16H2,1H3,(H,31,32)/b30-14-. The van der Waals surface area contributed by atoms with E-state index in [1.54, 1.807) is 31.5 Å². The van der Waals surface area contributed by atoms with Crippen LogP contribution in [0.2, 0.25) is 0 Å². The number of rotatable bonds is 9. The van der Waals surface area contributed by atoms with Crippen LogP contribution in [0.1, 0.15) is 11.1 Å². The summed E-state index contributed by atoms with van der Waals surface area (Å²) in [6.07, 6.45) is 3.20. The Balaban J connectivity index is 1.35. The van der Waals surface area contributed by atoms with Crippen molar-refractivity contribution in [1.82, 2.24) is 10.4 Å². The molecule has 1 heterocycles. The number of pyridine rings is 1. The fourth-order valence-corrected chi connectivity index (χ4v) is 3.89. The van der Waals surface area contributed by atoms with Crippen molar-refractivity contribution in [2.45, 2.75) is 6.61 Å². The second kappa shape index (κ2) is 11.8. The fourth-order valence-electron chi connectivity index (χ4n) is 3.21. The molecule has 1 amide bonds. The van der Waals surface area contributed by atoms with Gasteiger partial charge in [-0.2, -0.15) is 5.10 Å². The number of methoxy groups -OCH3 is 1. The minimum atomic E-state index is -0.397. The van der Waals surface area contributed by atoms with Crippen molar-refractivity contribution >= 4 is 54.9 Å². The molecule has 0 fully saturated rings. The molecule has 4 aromatic rings. The Kier molecular flexibility index (Phi) is 8.33. The average Bonchev–Trinajstić information content (AvgIpc) is 2.88. The van der Waals surface area contributed by atoms with Crippen LogP contribution in [0.3, 0.4) is 0 Å². The first kappa shape index (κ1) is 24.7. The SMILES string of the molecule is COc1cc(/C=N\NC(=O)COc2cccc3cccnc23)c(Br)cc1OCc1ccc(Br)cc1. The number of benzene rings is 3. The van der Waals surface area contributed by atoms with Gasteiger partial charge < -0.3 is 14.2 Å². The van der Waals surface area contributed by atoms with E-state index in [1.807, 2.05) is 48.5 Å². The Labute approximate surface area is 219 Å². The molecule has 4 rings (SSSR count). The Morgan fingerprint density at radius 2 is 1.80 bits per heavy atom. The van der Waals surface area contributed by atoms with Gasteiger partial charge in [0.15, 0.2) is 18.1 Å². The number of carbonyl (C=O) groups excluding carboxylic acids is 1. The summed E-state index contributed by atoms with van der Waals surface area (Å²) in [5.41, 5.74) is 4.90. The summed E-state index contributed by atoms with van der Waals surface area (Å²) in [6, 6.07) is 20.8. The molecule has 0 radical (unpaired) electrons. The van der Waals surface area contributed by atoms with Crippen LogP contribution in [-0.2, 0) is 11.4 Å². The molecule has 0 bridgehead atoms. The monoisotopic (exact) mass is 597 g/mol. The van der Waals surface area contributed by atoms with Crippen molar-refractivity contribution < 1.29 is 19.0 Å². The largest absolute Gasteiger partial charge is 0.493 e. The first-order chi connectivity index (χ1) is 17.0. The van der Waals surface area contributed by atoms with E-state index in [9.17, 15) is 4.79 Å². The molecule has 7 nitrogen and oxygen atoms in total. The highest BCUT2D eigenvalue weighted by molar-refractivity contribution is 9.10. The van der Waals surface area contributed by atoms with Gasteiger partial charge in [-0.3, -0.25) is 9.78 Å². The van der Waals surface area contributed by atoms with Gasteiger partial charge in [0.05, 0.1) is 13.3 Å².